The Hall–Kier alpha value is -1.75. The summed E-state index contributed by atoms with van der Waals surface area (Å²) in [5.74, 6) is 1.49. The summed E-state index contributed by atoms with van der Waals surface area (Å²) in [4.78, 5) is 0. The summed E-state index contributed by atoms with van der Waals surface area (Å²) in [5, 5.41) is 4.38. The number of nitrogens with zero attached hydrogens (tertiary/aromatic N) is 1. The molecule has 2 aromatic rings. The predicted molar refractivity (Wildman–Crippen MR) is 81.0 cm³/mol. The Morgan fingerprint density at radius 1 is 1.32 bits per heavy atom. The molecule has 1 heterocycles. The standard InChI is InChI=1S/C14H19N3OS/c1-9-4-6-12(7-5-9)18-8-10(2)16-14-11(3)13(15)17-19-14/h4-7,10,16H,8H2,1-3H3,(H2,15,17). The molecule has 1 aromatic heterocycles. The van der Waals surface area contributed by atoms with E-state index in [1.165, 1.54) is 17.1 Å². The van der Waals surface area contributed by atoms with Gasteiger partial charge in [0.2, 0.25) is 0 Å². The maximum Gasteiger partial charge on any atom is 0.142 e. The first kappa shape index (κ1) is 13.7. The molecule has 5 heteroatoms. The maximum absolute atomic E-state index is 5.73. The smallest absolute Gasteiger partial charge is 0.142 e. The average Bonchev–Trinajstić information content (AvgIpc) is 2.70. The van der Waals surface area contributed by atoms with Gasteiger partial charge in [-0.1, -0.05) is 17.7 Å². The van der Waals surface area contributed by atoms with Crippen LogP contribution < -0.4 is 15.8 Å². The third-order valence-corrected chi connectivity index (χ3v) is 3.75. The highest BCUT2D eigenvalue weighted by atomic mass is 32.1. The van der Waals surface area contributed by atoms with Crippen molar-refractivity contribution >= 4 is 22.4 Å². The molecule has 19 heavy (non-hydrogen) atoms. The van der Waals surface area contributed by atoms with Gasteiger partial charge in [0.15, 0.2) is 0 Å². The summed E-state index contributed by atoms with van der Waals surface area (Å²) in [6.45, 7) is 6.70. The number of nitrogens with two attached hydrogens (primary N) is 1. The third kappa shape index (κ3) is 3.61. The van der Waals surface area contributed by atoms with Crippen molar-refractivity contribution in [2.75, 3.05) is 17.7 Å². The fraction of sp³-hybridized carbons (Fsp3) is 0.357. The summed E-state index contributed by atoms with van der Waals surface area (Å²) in [6, 6.07) is 8.25. The number of rotatable bonds is 5. The minimum Gasteiger partial charge on any atom is -0.491 e. The van der Waals surface area contributed by atoms with Crippen LogP contribution in [0.25, 0.3) is 0 Å². The van der Waals surface area contributed by atoms with Crippen molar-refractivity contribution in [1.29, 1.82) is 0 Å². The van der Waals surface area contributed by atoms with Crippen molar-refractivity contribution in [1.82, 2.24) is 4.37 Å². The van der Waals surface area contributed by atoms with E-state index in [9.17, 15) is 0 Å². The molecule has 1 unspecified atom stereocenters. The molecule has 0 amide bonds. The molecule has 0 radical (unpaired) electrons. The van der Waals surface area contributed by atoms with E-state index >= 15 is 0 Å². The van der Waals surface area contributed by atoms with Gasteiger partial charge in [-0.2, -0.15) is 4.37 Å². The van der Waals surface area contributed by atoms with E-state index in [-0.39, 0.29) is 6.04 Å². The molecule has 1 aromatic carbocycles. The highest BCUT2D eigenvalue weighted by Gasteiger charge is 2.10. The van der Waals surface area contributed by atoms with Gasteiger partial charge in [-0.05, 0) is 44.4 Å². The number of anilines is 2. The molecule has 0 aliphatic heterocycles. The molecule has 0 bridgehead atoms. The van der Waals surface area contributed by atoms with Crippen molar-refractivity contribution in [2.45, 2.75) is 26.8 Å². The summed E-state index contributed by atoms with van der Waals surface area (Å²) in [5.41, 5.74) is 7.96. The maximum atomic E-state index is 5.73. The van der Waals surface area contributed by atoms with Gasteiger partial charge in [-0.3, -0.25) is 0 Å². The van der Waals surface area contributed by atoms with Crippen LogP contribution in [-0.4, -0.2) is 17.0 Å². The van der Waals surface area contributed by atoms with Crippen LogP contribution in [0.1, 0.15) is 18.1 Å². The van der Waals surface area contributed by atoms with E-state index in [1.54, 1.807) is 0 Å². The number of hydrogen-bond acceptors (Lipinski definition) is 5. The molecule has 0 spiro atoms. The largest absolute Gasteiger partial charge is 0.491 e. The molecule has 0 aliphatic rings. The molecular weight excluding hydrogens is 258 g/mol. The van der Waals surface area contributed by atoms with E-state index in [0.29, 0.717) is 12.4 Å². The summed E-state index contributed by atoms with van der Waals surface area (Å²) >= 11 is 1.39. The number of aromatic nitrogens is 1. The lowest BCUT2D eigenvalue weighted by molar-refractivity contribution is 0.304. The van der Waals surface area contributed by atoms with E-state index in [2.05, 4.69) is 23.5 Å². The molecule has 2 rings (SSSR count). The third-order valence-electron chi connectivity index (χ3n) is 2.86. The zero-order valence-corrected chi connectivity index (χ0v) is 12.3. The number of hydrogen-bond donors (Lipinski definition) is 2. The Kier molecular flexibility index (Phi) is 4.27. The van der Waals surface area contributed by atoms with Crippen LogP contribution >= 0.6 is 11.5 Å². The van der Waals surface area contributed by atoms with Gasteiger partial charge >= 0.3 is 0 Å². The van der Waals surface area contributed by atoms with Crippen molar-refractivity contribution in [3.8, 4) is 5.75 Å². The molecule has 0 aliphatic carbocycles. The summed E-state index contributed by atoms with van der Waals surface area (Å²) in [6.07, 6.45) is 0. The molecule has 0 saturated carbocycles. The molecule has 102 valence electrons. The predicted octanol–water partition coefficient (Wildman–Crippen LogP) is 3.22. The fourth-order valence-electron chi connectivity index (χ4n) is 1.60. The van der Waals surface area contributed by atoms with Gasteiger partial charge in [0.1, 0.15) is 23.2 Å². The fourth-order valence-corrected chi connectivity index (χ4v) is 2.43. The summed E-state index contributed by atoms with van der Waals surface area (Å²) < 4.78 is 9.85. The number of aryl methyl sites for hydroxylation is 1. The normalized spacial score (nSPS) is 12.2. The molecule has 4 nitrogen and oxygen atoms in total. The molecular formula is C14H19N3OS. The van der Waals surface area contributed by atoms with Crippen LogP contribution in [0.2, 0.25) is 0 Å². The first-order valence-corrected chi connectivity index (χ1v) is 7.01. The summed E-state index contributed by atoms with van der Waals surface area (Å²) in [7, 11) is 0. The highest BCUT2D eigenvalue weighted by molar-refractivity contribution is 7.10. The monoisotopic (exact) mass is 277 g/mol. The van der Waals surface area contributed by atoms with Gasteiger partial charge in [0.25, 0.3) is 0 Å². The Morgan fingerprint density at radius 3 is 2.58 bits per heavy atom. The van der Waals surface area contributed by atoms with Gasteiger partial charge in [0.05, 0.1) is 6.04 Å². The van der Waals surface area contributed by atoms with Crippen molar-refractivity contribution in [2.24, 2.45) is 0 Å². The van der Waals surface area contributed by atoms with E-state index in [0.717, 1.165) is 16.3 Å². The van der Waals surface area contributed by atoms with Gasteiger partial charge in [-0.25, -0.2) is 0 Å². The SMILES string of the molecule is Cc1ccc(OCC(C)Nc2snc(N)c2C)cc1. The Morgan fingerprint density at radius 2 is 2.00 bits per heavy atom. The molecule has 0 saturated heterocycles. The number of nitrogen functional groups attached to an aromatic ring is 1. The van der Waals surface area contributed by atoms with E-state index < -0.39 is 0 Å². The van der Waals surface area contributed by atoms with Crippen LogP contribution in [0.4, 0.5) is 10.8 Å². The molecule has 1 atom stereocenters. The zero-order valence-electron chi connectivity index (χ0n) is 11.4. The quantitative estimate of drug-likeness (QED) is 0.881. The van der Waals surface area contributed by atoms with Crippen LogP contribution in [-0.2, 0) is 0 Å². The van der Waals surface area contributed by atoms with Crippen molar-refractivity contribution < 1.29 is 4.74 Å². The lowest BCUT2D eigenvalue weighted by Gasteiger charge is -2.15. The van der Waals surface area contributed by atoms with Gasteiger partial charge in [-0.15, -0.1) is 0 Å². The van der Waals surface area contributed by atoms with Crippen LogP contribution in [0, 0.1) is 13.8 Å². The van der Waals surface area contributed by atoms with Crippen molar-refractivity contribution in [3.63, 3.8) is 0 Å². The lowest BCUT2D eigenvalue weighted by atomic mass is 10.2. The van der Waals surface area contributed by atoms with Crippen LogP contribution in [0.15, 0.2) is 24.3 Å². The minimum absolute atomic E-state index is 0.194. The lowest BCUT2D eigenvalue weighted by Crippen LogP contribution is -2.23. The number of nitrogens with one attached hydrogen (secondary N) is 1. The first-order chi connectivity index (χ1) is 9.06. The van der Waals surface area contributed by atoms with Crippen molar-refractivity contribution in [3.05, 3.63) is 35.4 Å². The Labute approximate surface area is 117 Å². The van der Waals surface area contributed by atoms with Gasteiger partial charge < -0.3 is 15.8 Å². The molecule has 0 fully saturated rings. The number of benzene rings is 1. The number of ether oxygens (including phenoxy) is 1. The average molecular weight is 277 g/mol. The topological polar surface area (TPSA) is 60.2 Å². The zero-order chi connectivity index (χ0) is 13.8. The second-order valence-corrected chi connectivity index (χ2v) is 5.46. The highest BCUT2D eigenvalue weighted by Crippen LogP contribution is 2.26. The van der Waals surface area contributed by atoms with E-state index in [1.807, 2.05) is 31.2 Å². The van der Waals surface area contributed by atoms with Crippen LogP contribution in [0.3, 0.4) is 0 Å². The second-order valence-electron chi connectivity index (χ2n) is 4.69. The Bertz CT molecular complexity index is 536. The van der Waals surface area contributed by atoms with Crippen LogP contribution in [0.5, 0.6) is 5.75 Å². The second kappa shape index (κ2) is 5.93. The first-order valence-electron chi connectivity index (χ1n) is 6.24. The molecule has 3 N–H and O–H groups in total. The Balaban J connectivity index is 1.86. The van der Waals surface area contributed by atoms with E-state index in [4.69, 9.17) is 10.5 Å². The minimum atomic E-state index is 0.194. The van der Waals surface area contributed by atoms with Gasteiger partial charge in [0, 0.05) is 5.56 Å².